The molecule has 0 fully saturated rings. The molecular weight excluding hydrogens is 194 g/mol. The van der Waals surface area contributed by atoms with Crippen molar-refractivity contribution < 1.29 is 14.6 Å². The fraction of sp³-hybridized carbons (Fsp3) is 0.909. The minimum absolute atomic E-state index is 0.139. The normalized spacial score (nSPS) is 14.9. The van der Waals surface area contributed by atoms with E-state index in [0.29, 0.717) is 6.54 Å². The van der Waals surface area contributed by atoms with E-state index in [1.165, 1.54) is 0 Å². The number of hydrogen-bond acceptors (Lipinski definition) is 3. The molecule has 4 heteroatoms. The molecule has 15 heavy (non-hydrogen) atoms. The van der Waals surface area contributed by atoms with Gasteiger partial charge in [-0.25, -0.2) is 0 Å². The molecule has 0 aromatic carbocycles. The van der Waals surface area contributed by atoms with Gasteiger partial charge in [0.05, 0.1) is 12.7 Å². The number of ether oxygens (including phenoxy) is 1. The van der Waals surface area contributed by atoms with Gasteiger partial charge in [-0.3, -0.25) is 4.79 Å². The van der Waals surface area contributed by atoms with Gasteiger partial charge in [-0.1, -0.05) is 20.3 Å². The van der Waals surface area contributed by atoms with Crippen LogP contribution in [0.15, 0.2) is 0 Å². The van der Waals surface area contributed by atoms with Crippen molar-refractivity contribution in [2.45, 2.75) is 52.2 Å². The topological polar surface area (TPSA) is 58.6 Å². The lowest BCUT2D eigenvalue weighted by Crippen LogP contribution is -2.41. The zero-order valence-corrected chi connectivity index (χ0v) is 9.95. The Kier molecular flexibility index (Phi) is 8.33. The Morgan fingerprint density at radius 1 is 1.40 bits per heavy atom. The smallest absolute Gasteiger partial charge is 0.323 e. The van der Waals surface area contributed by atoms with Crippen LogP contribution in [0.25, 0.3) is 0 Å². The number of nitrogens with one attached hydrogen (secondary N) is 1. The average molecular weight is 217 g/mol. The maximum atomic E-state index is 10.8. The molecule has 0 aliphatic rings. The first kappa shape index (κ1) is 14.4. The van der Waals surface area contributed by atoms with Crippen molar-refractivity contribution in [3.63, 3.8) is 0 Å². The summed E-state index contributed by atoms with van der Waals surface area (Å²) in [6.07, 6.45) is 3.09. The van der Waals surface area contributed by atoms with E-state index in [1.54, 1.807) is 0 Å². The van der Waals surface area contributed by atoms with Crippen LogP contribution in [0.3, 0.4) is 0 Å². The standard InChI is InChI=1S/C11H23NO3/c1-4-6-9(3)15-8-10(11(13)14)12-7-5-2/h9-10,12H,4-8H2,1-3H3,(H,13,14). The predicted molar refractivity (Wildman–Crippen MR) is 60.0 cm³/mol. The lowest BCUT2D eigenvalue weighted by molar-refractivity contribution is -0.141. The summed E-state index contributed by atoms with van der Waals surface area (Å²) in [6.45, 7) is 7.03. The fourth-order valence-electron chi connectivity index (χ4n) is 1.29. The fourth-order valence-corrected chi connectivity index (χ4v) is 1.29. The van der Waals surface area contributed by atoms with Crippen molar-refractivity contribution in [3.8, 4) is 0 Å². The van der Waals surface area contributed by atoms with Crippen LogP contribution in [0, 0.1) is 0 Å². The first-order valence-electron chi connectivity index (χ1n) is 5.69. The van der Waals surface area contributed by atoms with Crippen LogP contribution < -0.4 is 5.32 Å². The lowest BCUT2D eigenvalue weighted by atomic mass is 10.2. The monoisotopic (exact) mass is 217 g/mol. The number of rotatable bonds is 9. The van der Waals surface area contributed by atoms with E-state index < -0.39 is 12.0 Å². The molecule has 90 valence electrons. The van der Waals surface area contributed by atoms with E-state index in [0.717, 1.165) is 19.3 Å². The molecule has 0 heterocycles. The highest BCUT2D eigenvalue weighted by Crippen LogP contribution is 2.01. The van der Waals surface area contributed by atoms with E-state index in [2.05, 4.69) is 12.2 Å². The second kappa shape index (κ2) is 8.68. The van der Waals surface area contributed by atoms with Crippen molar-refractivity contribution in [1.82, 2.24) is 5.32 Å². The molecule has 2 unspecified atom stereocenters. The van der Waals surface area contributed by atoms with Gasteiger partial charge in [-0.2, -0.15) is 0 Å². The number of carbonyl (C=O) groups is 1. The highest BCUT2D eigenvalue weighted by atomic mass is 16.5. The van der Waals surface area contributed by atoms with Gasteiger partial charge in [0.2, 0.25) is 0 Å². The molecule has 2 atom stereocenters. The molecule has 0 saturated heterocycles. The maximum Gasteiger partial charge on any atom is 0.323 e. The van der Waals surface area contributed by atoms with Crippen molar-refractivity contribution in [3.05, 3.63) is 0 Å². The molecule has 0 aliphatic carbocycles. The van der Waals surface area contributed by atoms with Crippen LogP contribution in [0.2, 0.25) is 0 Å². The van der Waals surface area contributed by atoms with Crippen LogP contribution in [-0.2, 0) is 9.53 Å². The summed E-state index contributed by atoms with van der Waals surface area (Å²) < 4.78 is 5.46. The minimum atomic E-state index is -0.841. The number of carboxylic acids is 1. The number of carboxylic acid groups (broad SMARTS) is 1. The van der Waals surface area contributed by atoms with Gasteiger partial charge in [-0.15, -0.1) is 0 Å². The highest BCUT2D eigenvalue weighted by molar-refractivity contribution is 5.73. The molecule has 0 bridgehead atoms. The zero-order valence-electron chi connectivity index (χ0n) is 9.95. The Morgan fingerprint density at radius 3 is 2.53 bits per heavy atom. The molecule has 2 N–H and O–H groups in total. The van der Waals surface area contributed by atoms with E-state index in [1.807, 2.05) is 13.8 Å². The Bertz CT molecular complexity index is 173. The Hall–Kier alpha value is -0.610. The summed E-state index contributed by atoms with van der Waals surface area (Å²) >= 11 is 0. The lowest BCUT2D eigenvalue weighted by Gasteiger charge is -2.17. The molecule has 4 nitrogen and oxygen atoms in total. The maximum absolute atomic E-state index is 10.8. The average Bonchev–Trinajstić information content (AvgIpc) is 2.17. The number of hydrogen-bond donors (Lipinski definition) is 2. The van der Waals surface area contributed by atoms with Gasteiger partial charge in [0.25, 0.3) is 0 Å². The number of aliphatic carboxylic acids is 1. The van der Waals surface area contributed by atoms with Gasteiger partial charge in [0.15, 0.2) is 0 Å². The Morgan fingerprint density at radius 2 is 2.07 bits per heavy atom. The molecule has 0 saturated carbocycles. The molecule has 0 aliphatic heterocycles. The molecule has 0 amide bonds. The second-order valence-corrected chi connectivity index (χ2v) is 3.78. The van der Waals surface area contributed by atoms with E-state index in [4.69, 9.17) is 9.84 Å². The summed E-state index contributed by atoms with van der Waals surface area (Å²) in [4.78, 5) is 10.8. The van der Waals surface area contributed by atoms with Crippen LogP contribution in [-0.4, -0.2) is 36.4 Å². The van der Waals surface area contributed by atoms with Crippen LogP contribution >= 0.6 is 0 Å². The highest BCUT2D eigenvalue weighted by Gasteiger charge is 2.17. The van der Waals surface area contributed by atoms with Crippen molar-refractivity contribution in [2.24, 2.45) is 0 Å². The predicted octanol–water partition coefficient (Wildman–Crippen LogP) is 1.64. The Labute approximate surface area is 92.0 Å². The summed E-state index contributed by atoms with van der Waals surface area (Å²) in [5.74, 6) is -0.841. The van der Waals surface area contributed by atoms with E-state index in [9.17, 15) is 4.79 Å². The zero-order chi connectivity index (χ0) is 11.7. The minimum Gasteiger partial charge on any atom is -0.480 e. The SMILES string of the molecule is CCCNC(COC(C)CCC)C(=O)O. The Balaban J connectivity index is 3.79. The van der Waals surface area contributed by atoms with Gasteiger partial charge in [-0.05, 0) is 26.3 Å². The molecular formula is C11H23NO3. The third-order valence-electron chi connectivity index (χ3n) is 2.18. The van der Waals surface area contributed by atoms with Gasteiger partial charge in [0.1, 0.15) is 6.04 Å². The van der Waals surface area contributed by atoms with Crippen molar-refractivity contribution in [1.29, 1.82) is 0 Å². The van der Waals surface area contributed by atoms with Crippen LogP contribution in [0.1, 0.15) is 40.0 Å². The molecule has 0 radical (unpaired) electrons. The van der Waals surface area contributed by atoms with Crippen LogP contribution in [0.4, 0.5) is 0 Å². The summed E-state index contributed by atoms with van der Waals surface area (Å²) in [5, 5.41) is 11.8. The third-order valence-corrected chi connectivity index (χ3v) is 2.18. The quantitative estimate of drug-likeness (QED) is 0.616. The third kappa shape index (κ3) is 7.33. The van der Waals surface area contributed by atoms with Crippen molar-refractivity contribution in [2.75, 3.05) is 13.2 Å². The van der Waals surface area contributed by atoms with Gasteiger partial charge < -0.3 is 15.2 Å². The van der Waals surface area contributed by atoms with Gasteiger partial charge in [0, 0.05) is 0 Å². The van der Waals surface area contributed by atoms with Crippen LogP contribution in [0.5, 0.6) is 0 Å². The molecule has 0 aromatic rings. The van der Waals surface area contributed by atoms with E-state index in [-0.39, 0.29) is 12.7 Å². The largest absolute Gasteiger partial charge is 0.480 e. The first-order valence-corrected chi connectivity index (χ1v) is 5.69. The summed E-state index contributed by atoms with van der Waals surface area (Å²) in [6, 6.07) is -0.579. The molecule has 0 spiro atoms. The van der Waals surface area contributed by atoms with E-state index >= 15 is 0 Å². The van der Waals surface area contributed by atoms with Gasteiger partial charge >= 0.3 is 5.97 Å². The second-order valence-electron chi connectivity index (χ2n) is 3.78. The summed E-state index contributed by atoms with van der Waals surface area (Å²) in [5.41, 5.74) is 0. The first-order chi connectivity index (χ1) is 7.11. The molecule has 0 rings (SSSR count). The summed E-state index contributed by atoms with van der Waals surface area (Å²) in [7, 11) is 0. The van der Waals surface area contributed by atoms with Crippen molar-refractivity contribution >= 4 is 5.97 Å². The molecule has 0 aromatic heterocycles.